The van der Waals surface area contributed by atoms with Crippen molar-refractivity contribution in [1.29, 1.82) is 0 Å². The second-order valence-electron chi connectivity index (χ2n) is 8.28. The summed E-state index contributed by atoms with van der Waals surface area (Å²) < 4.78 is 0. The van der Waals surface area contributed by atoms with Crippen LogP contribution in [-0.2, 0) is 0 Å². The molecule has 5 nitrogen and oxygen atoms in total. The largest absolute Gasteiger partial charge is 0.393 e. The summed E-state index contributed by atoms with van der Waals surface area (Å²) in [6, 6.07) is 15.0. The quantitative estimate of drug-likeness (QED) is 0.889. The maximum Gasteiger partial charge on any atom is 0.261 e. The minimum Gasteiger partial charge on any atom is -0.393 e. The van der Waals surface area contributed by atoms with Crippen LogP contribution in [0, 0.1) is 6.92 Å². The zero-order chi connectivity index (χ0) is 19.3. The molecule has 2 aliphatic heterocycles. The fraction of sp³-hybridized carbons (Fsp3) is 0.435. The fourth-order valence-electron chi connectivity index (χ4n) is 4.45. The summed E-state index contributed by atoms with van der Waals surface area (Å²) in [5.74, 6) is 0.0834. The number of benzene rings is 2. The van der Waals surface area contributed by atoms with Gasteiger partial charge in [0.05, 0.1) is 24.0 Å². The zero-order valence-corrected chi connectivity index (χ0v) is 16.3. The highest BCUT2D eigenvalue weighted by molar-refractivity contribution is 6.12. The molecular formula is C23H27N3O2. The lowest BCUT2D eigenvalue weighted by molar-refractivity contribution is 0.0981. The maximum absolute atomic E-state index is 13.5. The molecule has 1 N–H and O–H groups in total. The van der Waals surface area contributed by atoms with Crippen molar-refractivity contribution < 1.29 is 9.90 Å². The number of nitrogens with zero attached hydrogens (tertiary/aromatic N) is 3. The smallest absolute Gasteiger partial charge is 0.261 e. The van der Waals surface area contributed by atoms with Crippen LogP contribution >= 0.6 is 0 Å². The van der Waals surface area contributed by atoms with E-state index in [0.717, 1.165) is 54.1 Å². The van der Waals surface area contributed by atoms with E-state index in [1.54, 1.807) is 0 Å². The van der Waals surface area contributed by atoms with Gasteiger partial charge < -0.3 is 14.9 Å². The fourth-order valence-corrected chi connectivity index (χ4v) is 4.45. The molecule has 28 heavy (non-hydrogen) atoms. The molecule has 2 fully saturated rings. The number of rotatable bonds is 3. The lowest BCUT2D eigenvalue weighted by atomic mass is 10.0. The topological polar surface area (TPSA) is 47.0 Å². The number of aliphatic hydroxyl groups excluding tert-OH is 1. The van der Waals surface area contributed by atoms with Crippen molar-refractivity contribution in [3.05, 3.63) is 53.6 Å². The second kappa shape index (κ2) is 6.82. The van der Waals surface area contributed by atoms with E-state index >= 15 is 0 Å². The number of carbonyl (C=O) groups excluding carboxylic acids is 1. The Bertz CT molecular complexity index is 900. The van der Waals surface area contributed by atoms with Crippen molar-refractivity contribution in [1.82, 2.24) is 0 Å². The third kappa shape index (κ3) is 3.04. The Hall–Kier alpha value is -2.53. The first-order valence-corrected chi connectivity index (χ1v) is 10.3. The summed E-state index contributed by atoms with van der Waals surface area (Å²) in [6.45, 7) is 4.36. The Balaban J connectivity index is 1.53. The van der Waals surface area contributed by atoms with Crippen LogP contribution in [0.1, 0.15) is 41.6 Å². The monoisotopic (exact) mass is 377 g/mol. The van der Waals surface area contributed by atoms with E-state index in [-0.39, 0.29) is 12.0 Å². The van der Waals surface area contributed by atoms with Gasteiger partial charge in [0.25, 0.3) is 5.91 Å². The van der Waals surface area contributed by atoms with E-state index in [9.17, 15) is 9.90 Å². The Morgan fingerprint density at radius 1 is 0.964 bits per heavy atom. The van der Waals surface area contributed by atoms with Crippen molar-refractivity contribution in [2.75, 3.05) is 34.5 Å². The molecule has 2 aromatic rings. The van der Waals surface area contributed by atoms with Crippen LogP contribution in [0.15, 0.2) is 42.5 Å². The molecule has 0 spiro atoms. The van der Waals surface area contributed by atoms with Crippen LogP contribution in [0.5, 0.6) is 0 Å². The number of hydrogen-bond donors (Lipinski definition) is 1. The van der Waals surface area contributed by atoms with E-state index in [0.29, 0.717) is 12.7 Å². The van der Waals surface area contributed by atoms with Gasteiger partial charge in [-0.3, -0.25) is 9.69 Å². The first-order valence-electron chi connectivity index (χ1n) is 10.3. The van der Waals surface area contributed by atoms with Gasteiger partial charge in [0, 0.05) is 30.5 Å². The minimum atomic E-state index is -0.197. The van der Waals surface area contributed by atoms with E-state index in [1.165, 1.54) is 12.8 Å². The number of fused-ring (bicyclic) bond motifs is 1. The Morgan fingerprint density at radius 3 is 2.43 bits per heavy atom. The van der Waals surface area contributed by atoms with Gasteiger partial charge in [-0.05, 0) is 62.4 Å². The molecule has 0 radical (unpaired) electrons. The van der Waals surface area contributed by atoms with E-state index in [2.05, 4.69) is 41.0 Å². The molecule has 1 saturated heterocycles. The molecule has 0 atom stereocenters. The minimum absolute atomic E-state index is 0.0834. The molecule has 0 aromatic heterocycles. The van der Waals surface area contributed by atoms with E-state index in [4.69, 9.17) is 0 Å². The lowest BCUT2D eigenvalue weighted by Gasteiger charge is -2.40. The Labute approximate surface area is 166 Å². The summed E-state index contributed by atoms with van der Waals surface area (Å²) in [4.78, 5) is 20.1. The molecule has 1 amide bonds. The molecule has 2 heterocycles. The number of anilines is 3. The number of para-hydroxylation sites is 1. The number of amides is 1. The lowest BCUT2D eigenvalue weighted by Crippen LogP contribution is -2.48. The summed E-state index contributed by atoms with van der Waals surface area (Å²) >= 11 is 0. The molecular weight excluding hydrogens is 350 g/mol. The second-order valence-corrected chi connectivity index (χ2v) is 8.28. The predicted octanol–water partition coefficient (Wildman–Crippen LogP) is 3.54. The van der Waals surface area contributed by atoms with E-state index in [1.807, 2.05) is 23.1 Å². The molecule has 0 unspecified atom stereocenters. The zero-order valence-electron chi connectivity index (χ0n) is 16.3. The SMILES string of the molecule is Cc1ccccc1N1CN(C2CC2)c2ccc(N3CCC(O)CC3)cc2C1=O. The van der Waals surface area contributed by atoms with Gasteiger partial charge in [-0.25, -0.2) is 0 Å². The molecule has 3 aliphatic rings. The van der Waals surface area contributed by atoms with Crippen LogP contribution < -0.4 is 14.7 Å². The summed E-state index contributed by atoms with van der Waals surface area (Å²) in [7, 11) is 0. The number of aryl methyl sites for hydroxylation is 1. The van der Waals surface area contributed by atoms with Crippen molar-refractivity contribution in [2.24, 2.45) is 0 Å². The summed E-state index contributed by atoms with van der Waals surface area (Å²) in [6.07, 6.45) is 3.77. The third-order valence-electron chi connectivity index (χ3n) is 6.28. The van der Waals surface area contributed by atoms with Crippen LogP contribution in [-0.4, -0.2) is 42.9 Å². The maximum atomic E-state index is 13.5. The molecule has 5 rings (SSSR count). The van der Waals surface area contributed by atoms with Gasteiger partial charge >= 0.3 is 0 Å². The van der Waals surface area contributed by atoms with E-state index < -0.39 is 0 Å². The first-order chi connectivity index (χ1) is 13.6. The molecule has 2 aromatic carbocycles. The standard InChI is InChI=1S/C23H27N3O2/c1-16-4-2-3-5-21(16)26-15-25(17-6-7-17)22-9-8-18(14-20(22)23(26)28)24-12-10-19(27)11-13-24/h2-5,8-9,14,17,19,27H,6-7,10-13,15H2,1H3. The van der Waals surface area contributed by atoms with Crippen molar-refractivity contribution in [3.63, 3.8) is 0 Å². The van der Waals surface area contributed by atoms with Gasteiger partial charge in [-0.1, -0.05) is 18.2 Å². The van der Waals surface area contributed by atoms with Gasteiger partial charge in [0.2, 0.25) is 0 Å². The molecule has 0 bridgehead atoms. The van der Waals surface area contributed by atoms with Gasteiger partial charge in [-0.15, -0.1) is 0 Å². The third-order valence-corrected chi connectivity index (χ3v) is 6.28. The average molecular weight is 377 g/mol. The Morgan fingerprint density at radius 2 is 1.71 bits per heavy atom. The Kier molecular flexibility index (Phi) is 4.27. The average Bonchev–Trinajstić information content (AvgIpc) is 3.55. The van der Waals surface area contributed by atoms with Crippen LogP contribution in [0.25, 0.3) is 0 Å². The molecule has 1 aliphatic carbocycles. The first kappa shape index (κ1) is 17.6. The number of hydrogen-bond acceptors (Lipinski definition) is 4. The highest BCUT2D eigenvalue weighted by Crippen LogP contribution is 2.40. The predicted molar refractivity (Wildman–Crippen MR) is 112 cm³/mol. The van der Waals surface area contributed by atoms with Crippen molar-refractivity contribution in [3.8, 4) is 0 Å². The van der Waals surface area contributed by atoms with Crippen LogP contribution in [0.2, 0.25) is 0 Å². The van der Waals surface area contributed by atoms with Gasteiger partial charge in [0.15, 0.2) is 0 Å². The summed E-state index contributed by atoms with van der Waals surface area (Å²) in [5.41, 5.74) is 5.07. The number of piperidine rings is 1. The van der Waals surface area contributed by atoms with Crippen molar-refractivity contribution >= 4 is 23.0 Å². The number of carbonyl (C=O) groups is 1. The normalized spacial score (nSPS) is 20.5. The summed E-state index contributed by atoms with van der Waals surface area (Å²) in [5, 5.41) is 9.80. The van der Waals surface area contributed by atoms with Crippen LogP contribution in [0.4, 0.5) is 17.1 Å². The molecule has 146 valence electrons. The molecule has 1 saturated carbocycles. The van der Waals surface area contributed by atoms with Crippen LogP contribution in [0.3, 0.4) is 0 Å². The molecule has 5 heteroatoms. The van der Waals surface area contributed by atoms with Gasteiger partial charge in [0.1, 0.15) is 0 Å². The number of aliphatic hydroxyl groups is 1. The highest BCUT2D eigenvalue weighted by Gasteiger charge is 2.38. The highest BCUT2D eigenvalue weighted by atomic mass is 16.3. The van der Waals surface area contributed by atoms with Crippen molar-refractivity contribution in [2.45, 2.75) is 44.8 Å². The van der Waals surface area contributed by atoms with Gasteiger partial charge in [-0.2, -0.15) is 0 Å².